The molecule has 102 valence electrons. The molecule has 1 rings (SSSR count). The van der Waals surface area contributed by atoms with E-state index in [9.17, 15) is 5.11 Å². The average Bonchev–Trinajstić information content (AvgIpc) is 2.29. The van der Waals surface area contributed by atoms with Crippen molar-refractivity contribution in [1.82, 2.24) is 9.80 Å². The Labute approximate surface area is 104 Å². The molecule has 2 N–H and O–H groups in total. The zero-order valence-electron chi connectivity index (χ0n) is 11.0. The van der Waals surface area contributed by atoms with Gasteiger partial charge in [0.05, 0.1) is 25.4 Å². The minimum Gasteiger partial charge on any atom is -0.395 e. The maximum atomic E-state index is 9.80. The van der Waals surface area contributed by atoms with E-state index in [1.807, 2.05) is 13.8 Å². The number of hydrogen-bond acceptors (Lipinski definition) is 5. The van der Waals surface area contributed by atoms with Crippen molar-refractivity contribution in [2.45, 2.75) is 26.1 Å². The molecule has 17 heavy (non-hydrogen) atoms. The lowest BCUT2D eigenvalue weighted by Gasteiger charge is -2.35. The van der Waals surface area contributed by atoms with Crippen LogP contribution in [0, 0.1) is 0 Å². The Morgan fingerprint density at radius 1 is 1.12 bits per heavy atom. The van der Waals surface area contributed by atoms with Crippen molar-refractivity contribution in [3.05, 3.63) is 0 Å². The van der Waals surface area contributed by atoms with Gasteiger partial charge in [0.2, 0.25) is 0 Å². The summed E-state index contributed by atoms with van der Waals surface area (Å²) in [5, 5.41) is 18.6. The summed E-state index contributed by atoms with van der Waals surface area (Å²) in [5.41, 5.74) is 0. The molecule has 5 heteroatoms. The fraction of sp³-hybridized carbons (Fsp3) is 1.00. The van der Waals surface area contributed by atoms with Crippen LogP contribution in [0.2, 0.25) is 0 Å². The molecule has 0 aliphatic carbocycles. The third-order valence-corrected chi connectivity index (χ3v) is 2.97. The van der Waals surface area contributed by atoms with Crippen LogP contribution in [0.3, 0.4) is 0 Å². The molecule has 0 bridgehead atoms. The predicted molar refractivity (Wildman–Crippen MR) is 67.1 cm³/mol. The largest absolute Gasteiger partial charge is 0.395 e. The van der Waals surface area contributed by atoms with E-state index in [2.05, 4.69) is 9.80 Å². The van der Waals surface area contributed by atoms with Gasteiger partial charge in [-0.05, 0) is 13.8 Å². The monoisotopic (exact) mass is 246 g/mol. The molecule has 0 amide bonds. The second-order valence-electron chi connectivity index (χ2n) is 4.90. The van der Waals surface area contributed by atoms with Crippen LogP contribution in [0.1, 0.15) is 13.8 Å². The van der Waals surface area contributed by atoms with E-state index in [1.165, 1.54) is 0 Å². The van der Waals surface area contributed by atoms with Crippen LogP contribution in [0.4, 0.5) is 0 Å². The van der Waals surface area contributed by atoms with Crippen molar-refractivity contribution in [1.29, 1.82) is 0 Å². The summed E-state index contributed by atoms with van der Waals surface area (Å²) in [6, 6.07) is 0. The highest BCUT2D eigenvalue weighted by molar-refractivity contribution is 4.74. The zero-order valence-corrected chi connectivity index (χ0v) is 11.0. The minimum absolute atomic E-state index is 0.172. The van der Waals surface area contributed by atoms with Crippen molar-refractivity contribution < 1.29 is 14.9 Å². The summed E-state index contributed by atoms with van der Waals surface area (Å²) in [6.45, 7) is 9.88. The van der Waals surface area contributed by atoms with Crippen LogP contribution in [-0.4, -0.2) is 84.7 Å². The molecule has 1 aliphatic heterocycles. The molecule has 0 aromatic rings. The van der Waals surface area contributed by atoms with Crippen LogP contribution in [0.25, 0.3) is 0 Å². The molecule has 0 saturated carbocycles. The number of nitrogens with zero attached hydrogens (tertiary/aromatic N) is 2. The molecule has 0 aromatic carbocycles. The Kier molecular flexibility index (Phi) is 6.99. The highest BCUT2D eigenvalue weighted by atomic mass is 16.5. The number of aliphatic hydroxyl groups excluding tert-OH is 2. The van der Waals surface area contributed by atoms with E-state index in [0.29, 0.717) is 13.2 Å². The van der Waals surface area contributed by atoms with Gasteiger partial charge in [-0.1, -0.05) is 0 Å². The quantitative estimate of drug-likeness (QED) is 0.627. The Balaban J connectivity index is 2.12. The molecule has 1 saturated heterocycles. The first-order valence-electron chi connectivity index (χ1n) is 6.47. The Bertz CT molecular complexity index is 194. The number of β-amino-alcohol motifs (C(OH)–C–C–N with tert-alkyl or cyclic N) is 2. The van der Waals surface area contributed by atoms with E-state index < -0.39 is 6.10 Å². The average molecular weight is 246 g/mol. The second kappa shape index (κ2) is 8.00. The molecule has 1 heterocycles. The Morgan fingerprint density at radius 3 is 2.24 bits per heavy atom. The fourth-order valence-corrected chi connectivity index (χ4v) is 1.99. The minimum atomic E-state index is -0.401. The van der Waals surface area contributed by atoms with Crippen molar-refractivity contribution >= 4 is 0 Å². The normalized spacial score (nSPS) is 21.0. The molecule has 0 radical (unpaired) electrons. The van der Waals surface area contributed by atoms with Crippen LogP contribution in [0.15, 0.2) is 0 Å². The van der Waals surface area contributed by atoms with Gasteiger partial charge in [0.1, 0.15) is 0 Å². The topological polar surface area (TPSA) is 56.2 Å². The highest BCUT2D eigenvalue weighted by Gasteiger charge is 2.18. The summed E-state index contributed by atoms with van der Waals surface area (Å²) in [6.07, 6.45) is -0.229. The standard InChI is InChI=1S/C12H26N2O3/c1-11(2)17-10-12(16)9-14-5-3-13(4-6-14)7-8-15/h11-12,15-16H,3-10H2,1-2H3. The van der Waals surface area contributed by atoms with Gasteiger partial charge in [0.25, 0.3) is 0 Å². The smallest absolute Gasteiger partial charge is 0.0900 e. The zero-order chi connectivity index (χ0) is 12.7. The maximum absolute atomic E-state index is 9.80. The predicted octanol–water partition coefficient (Wildman–Crippen LogP) is -0.618. The number of rotatable bonds is 7. The van der Waals surface area contributed by atoms with E-state index in [4.69, 9.17) is 9.84 Å². The molecule has 5 nitrogen and oxygen atoms in total. The van der Waals surface area contributed by atoms with E-state index in [-0.39, 0.29) is 12.7 Å². The first kappa shape index (κ1) is 14.9. The molecule has 1 fully saturated rings. The molecular weight excluding hydrogens is 220 g/mol. The lowest BCUT2D eigenvalue weighted by Crippen LogP contribution is -2.49. The van der Waals surface area contributed by atoms with Crippen LogP contribution in [0.5, 0.6) is 0 Å². The van der Waals surface area contributed by atoms with Crippen LogP contribution in [-0.2, 0) is 4.74 Å². The summed E-state index contributed by atoms with van der Waals surface area (Å²) in [4.78, 5) is 4.50. The number of ether oxygens (including phenoxy) is 1. The van der Waals surface area contributed by atoms with Crippen molar-refractivity contribution in [2.75, 3.05) is 52.5 Å². The third kappa shape index (κ3) is 6.33. The summed E-state index contributed by atoms with van der Waals surface area (Å²) in [5.74, 6) is 0. The van der Waals surface area contributed by atoms with Crippen molar-refractivity contribution in [3.63, 3.8) is 0 Å². The van der Waals surface area contributed by atoms with Gasteiger partial charge in [-0.2, -0.15) is 0 Å². The fourth-order valence-electron chi connectivity index (χ4n) is 1.99. The van der Waals surface area contributed by atoms with Gasteiger partial charge in [-0.3, -0.25) is 9.80 Å². The SMILES string of the molecule is CC(C)OCC(O)CN1CCN(CCO)CC1. The van der Waals surface area contributed by atoms with Crippen molar-refractivity contribution in [2.24, 2.45) is 0 Å². The first-order chi connectivity index (χ1) is 8.11. The maximum Gasteiger partial charge on any atom is 0.0900 e. The second-order valence-corrected chi connectivity index (χ2v) is 4.90. The molecule has 1 atom stereocenters. The van der Waals surface area contributed by atoms with Gasteiger partial charge >= 0.3 is 0 Å². The molecule has 1 unspecified atom stereocenters. The van der Waals surface area contributed by atoms with Gasteiger partial charge in [-0.25, -0.2) is 0 Å². The van der Waals surface area contributed by atoms with Gasteiger partial charge in [0, 0.05) is 39.3 Å². The third-order valence-electron chi connectivity index (χ3n) is 2.97. The summed E-state index contributed by atoms with van der Waals surface area (Å²) in [7, 11) is 0. The van der Waals surface area contributed by atoms with Crippen LogP contribution >= 0.6 is 0 Å². The Morgan fingerprint density at radius 2 is 1.71 bits per heavy atom. The van der Waals surface area contributed by atoms with Crippen molar-refractivity contribution in [3.8, 4) is 0 Å². The summed E-state index contributed by atoms with van der Waals surface area (Å²) >= 11 is 0. The lowest BCUT2D eigenvalue weighted by molar-refractivity contribution is -0.0150. The van der Waals surface area contributed by atoms with Gasteiger partial charge in [0.15, 0.2) is 0 Å². The molecule has 0 spiro atoms. The van der Waals surface area contributed by atoms with Gasteiger partial charge < -0.3 is 14.9 Å². The van der Waals surface area contributed by atoms with Gasteiger partial charge in [-0.15, -0.1) is 0 Å². The van der Waals surface area contributed by atoms with E-state index in [0.717, 1.165) is 32.7 Å². The van der Waals surface area contributed by atoms with E-state index >= 15 is 0 Å². The summed E-state index contributed by atoms with van der Waals surface area (Å²) < 4.78 is 5.38. The number of hydrogen-bond donors (Lipinski definition) is 2. The van der Waals surface area contributed by atoms with Crippen LogP contribution < -0.4 is 0 Å². The molecular formula is C12H26N2O3. The highest BCUT2D eigenvalue weighted by Crippen LogP contribution is 2.03. The molecule has 0 aromatic heterocycles. The molecule has 1 aliphatic rings. The lowest BCUT2D eigenvalue weighted by atomic mass is 10.2. The first-order valence-corrected chi connectivity index (χ1v) is 6.47. The number of aliphatic hydroxyl groups is 2. The van der Waals surface area contributed by atoms with E-state index in [1.54, 1.807) is 0 Å². The Hall–Kier alpha value is -0.200. The number of piperazine rings is 1.